The first-order valence-electron chi connectivity index (χ1n) is 10.0. The van der Waals surface area contributed by atoms with E-state index in [-0.39, 0.29) is 17.4 Å². The highest BCUT2D eigenvalue weighted by Crippen LogP contribution is 2.36. The van der Waals surface area contributed by atoms with E-state index in [0.717, 1.165) is 23.3 Å². The Kier molecular flexibility index (Phi) is 4.56. The molecular formula is C23H20N6O2. The van der Waals surface area contributed by atoms with Crippen LogP contribution in [0.1, 0.15) is 12.5 Å². The van der Waals surface area contributed by atoms with Crippen molar-refractivity contribution in [3.63, 3.8) is 0 Å². The number of benzene rings is 2. The van der Waals surface area contributed by atoms with Crippen LogP contribution in [0.25, 0.3) is 22.0 Å². The molecule has 8 heteroatoms. The minimum atomic E-state index is -0.296. The number of para-hydroxylation sites is 1. The first-order valence-corrected chi connectivity index (χ1v) is 10.0. The van der Waals surface area contributed by atoms with Gasteiger partial charge in [0.1, 0.15) is 17.0 Å². The number of anilines is 1. The van der Waals surface area contributed by atoms with E-state index in [1.54, 1.807) is 4.90 Å². The molecular weight excluding hydrogens is 392 g/mol. The molecule has 1 atom stereocenters. The van der Waals surface area contributed by atoms with Crippen LogP contribution in [-0.2, 0) is 0 Å². The summed E-state index contributed by atoms with van der Waals surface area (Å²) in [5, 5.41) is 16.3. The third-order valence-corrected chi connectivity index (χ3v) is 5.62. The van der Waals surface area contributed by atoms with Gasteiger partial charge >= 0.3 is 0 Å². The Balaban J connectivity index is 1.56. The summed E-state index contributed by atoms with van der Waals surface area (Å²) in [6.45, 7) is 1.23. The van der Waals surface area contributed by atoms with Gasteiger partial charge in [0.15, 0.2) is 12.0 Å². The lowest BCUT2D eigenvalue weighted by Crippen LogP contribution is -2.19. The van der Waals surface area contributed by atoms with E-state index in [4.69, 9.17) is 10.5 Å². The number of aromatic amines is 1. The van der Waals surface area contributed by atoms with Gasteiger partial charge in [-0.15, -0.1) is 0 Å². The maximum Gasteiger partial charge on any atom is 0.288 e. The van der Waals surface area contributed by atoms with Crippen molar-refractivity contribution < 1.29 is 4.74 Å². The van der Waals surface area contributed by atoms with Gasteiger partial charge < -0.3 is 19.9 Å². The molecule has 0 saturated carbocycles. The number of ether oxygens (including phenoxy) is 1. The fraction of sp³-hybridized carbons (Fsp3) is 0.174. The molecule has 2 aromatic heterocycles. The van der Waals surface area contributed by atoms with Crippen LogP contribution in [0.4, 0.5) is 5.82 Å². The number of nitrogen functional groups attached to an aromatic ring is 1. The Bertz CT molecular complexity index is 1330. The average molecular weight is 412 g/mol. The van der Waals surface area contributed by atoms with Crippen molar-refractivity contribution in [1.29, 1.82) is 5.26 Å². The molecule has 0 radical (unpaired) electrons. The number of nitrogens with one attached hydrogen (secondary N) is 1. The summed E-state index contributed by atoms with van der Waals surface area (Å²) in [7, 11) is 0. The topological polar surface area (TPSA) is 113 Å². The molecule has 1 fully saturated rings. The Hall–Kier alpha value is -4.25. The van der Waals surface area contributed by atoms with Crippen molar-refractivity contribution in [2.75, 3.05) is 18.8 Å². The number of nitrogens with two attached hydrogens (primary N) is 1. The molecule has 0 spiro atoms. The number of rotatable bonds is 4. The molecule has 1 aliphatic heterocycles. The summed E-state index contributed by atoms with van der Waals surface area (Å²) in [6.07, 6.45) is 4.91. The van der Waals surface area contributed by atoms with Crippen LogP contribution in [0.2, 0.25) is 0 Å². The third-order valence-electron chi connectivity index (χ3n) is 5.62. The lowest BCUT2D eigenvalue weighted by molar-refractivity contribution is 0.452. The quantitative estimate of drug-likeness (QED) is 0.496. The Morgan fingerprint density at radius 1 is 1.13 bits per heavy atom. The van der Waals surface area contributed by atoms with Crippen molar-refractivity contribution in [3.05, 3.63) is 71.1 Å². The first-order chi connectivity index (χ1) is 15.1. The zero-order chi connectivity index (χ0) is 21.4. The van der Waals surface area contributed by atoms with Gasteiger partial charge in [0.05, 0.1) is 11.4 Å². The van der Waals surface area contributed by atoms with Gasteiger partial charge in [0.25, 0.3) is 5.56 Å². The summed E-state index contributed by atoms with van der Waals surface area (Å²) in [5.41, 5.74) is 8.09. The second-order valence-corrected chi connectivity index (χ2v) is 7.54. The number of nitrogens with zero attached hydrogens (tertiary/aromatic N) is 4. The molecule has 0 aliphatic carbocycles. The standard InChI is InChI=1S/C23H20N6O2/c24-14-28-11-10-16(12-28)29-13-19(20-21(29)23(30)27-26-22(20)25)15-6-8-18(9-7-15)31-17-4-2-1-3-5-17/h1-9,13,16H,10-12H2,(H2,25,26)(H,27,30). The predicted octanol–water partition coefficient (Wildman–Crippen LogP) is 3.49. The normalized spacial score (nSPS) is 15.8. The molecule has 1 aliphatic rings. The second-order valence-electron chi connectivity index (χ2n) is 7.54. The van der Waals surface area contributed by atoms with Crippen molar-refractivity contribution in [2.24, 2.45) is 0 Å². The maximum absolute atomic E-state index is 12.7. The minimum absolute atomic E-state index is 0.0134. The lowest BCUT2D eigenvalue weighted by atomic mass is 10.1. The van der Waals surface area contributed by atoms with Gasteiger partial charge in [-0.05, 0) is 36.2 Å². The smallest absolute Gasteiger partial charge is 0.288 e. The molecule has 1 unspecified atom stereocenters. The molecule has 3 heterocycles. The summed E-state index contributed by atoms with van der Waals surface area (Å²) >= 11 is 0. The molecule has 154 valence electrons. The molecule has 5 rings (SSSR count). The number of nitriles is 1. The third kappa shape index (κ3) is 3.36. The van der Waals surface area contributed by atoms with Gasteiger partial charge in [-0.25, -0.2) is 5.10 Å². The SMILES string of the molecule is N#CN1CCC(n2cc(-c3ccc(Oc4ccccc4)cc3)c3c(N)n[nH]c(=O)c32)C1. The average Bonchev–Trinajstić information content (AvgIpc) is 3.43. The van der Waals surface area contributed by atoms with Gasteiger partial charge in [0, 0.05) is 24.8 Å². The Labute approximate surface area is 178 Å². The highest BCUT2D eigenvalue weighted by molar-refractivity contribution is 6.02. The summed E-state index contributed by atoms with van der Waals surface area (Å²) in [4.78, 5) is 14.4. The van der Waals surface area contributed by atoms with Crippen LogP contribution in [-0.4, -0.2) is 32.8 Å². The lowest BCUT2D eigenvalue weighted by Gasteiger charge is -2.13. The number of aromatic nitrogens is 3. The van der Waals surface area contributed by atoms with Gasteiger partial charge in [0.2, 0.25) is 0 Å². The van der Waals surface area contributed by atoms with Crippen molar-refractivity contribution >= 4 is 16.7 Å². The number of hydrogen-bond acceptors (Lipinski definition) is 6. The Morgan fingerprint density at radius 2 is 1.87 bits per heavy atom. The maximum atomic E-state index is 12.7. The molecule has 1 saturated heterocycles. The van der Waals surface area contributed by atoms with Crippen molar-refractivity contribution in [3.8, 4) is 28.8 Å². The van der Waals surface area contributed by atoms with Crippen molar-refractivity contribution in [1.82, 2.24) is 19.7 Å². The summed E-state index contributed by atoms with van der Waals surface area (Å²) in [6, 6.07) is 17.2. The van der Waals surface area contributed by atoms with Crippen LogP contribution >= 0.6 is 0 Å². The zero-order valence-corrected chi connectivity index (χ0v) is 16.7. The summed E-state index contributed by atoms with van der Waals surface area (Å²) < 4.78 is 7.81. The van der Waals surface area contributed by atoms with Gasteiger partial charge in [-0.3, -0.25) is 4.79 Å². The van der Waals surface area contributed by atoms with Gasteiger partial charge in [-0.2, -0.15) is 10.4 Å². The molecule has 31 heavy (non-hydrogen) atoms. The largest absolute Gasteiger partial charge is 0.457 e. The zero-order valence-electron chi connectivity index (χ0n) is 16.7. The van der Waals surface area contributed by atoms with Gasteiger partial charge in [-0.1, -0.05) is 30.3 Å². The number of hydrogen-bond donors (Lipinski definition) is 2. The van der Waals surface area contributed by atoms with E-state index < -0.39 is 0 Å². The van der Waals surface area contributed by atoms with E-state index in [1.807, 2.05) is 65.4 Å². The van der Waals surface area contributed by atoms with Crippen LogP contribution < -0.4 is 16.0 Å². The van der Waals surface area contributed by atoms with Crippen molar-refractivity contribution in [2.45, 2.75) is 12.5 Å². The van der Waals surface area contributed by atoms with E-state index >= 15 is 0 Å². The fourth-order valence-corrected chi connectivity index (χ4v) is 4.13. The molecule has 0 bridgehead atoms. The molecule has 4 aromatic rings. The predicted molar refractivity (Wildman–Crippen MR) is 118 cm³/mol. The fourth-order valence-electron chi connectivity index (χ4n) is 4.13. The number of likely N-dealkylation sites (tertiary alicyclic amines) is 1. The molecule has 3 N–H and O–H groups in total. The van der Waals surface area contributed by atoms with E-state index in [1.165, 1.54) is 0 Å². The highest BCUT2D eigenvalue weighted by Gasteiger charge is 2.27. The minimum Gasteiger partial charge on any atom is -0.457 e. The van der Waals surface area contributed by atoms with Crippen LogP contribution in [0.5, 0.6) is 11.5 Å². The highest BCUT2D eigenvalue weighted by atomic mass is 16.5. The van der Waals surface area contributed by atoms with Crippen LogP contribution in [0.15, 0.2) is 65.6 Å². The van der Waals surface area contributed by atoms with E-state index in [2.05, 4.69) is 16.4 Å². The second kappa shape index (κ2) is 7.54. The van der Waals surface area contributed by atoms with E-state index in [0.29, 0.717) is 29.7 Å². The summed E-state index contributed by atoms with van der Waals surface area (Å²) in [5.74, 6) is 1.74. The molecule has 2 aromatic carbocycles. The number of fused-ring (bicyclic) bond motifs is 1. The molecule has 8 nitrogen and oxygen atoms in total. The number of H-pyrrole nitrogens is 1. The van der Waals surface area contributed by atoms with E-state index in [9.17, 15) is 10.1 Å². The monoisotopic (exact) mass is 412 g/mol. The van der Waals surface area contributed by atoms with Crippen LogP contribution in [0, 0.1) is 11.5 Å². The Morgan fingerprint density at radius 3 is 2.58 bits per heavy atom. The van der Waals surface area contributed by atoms with Crippen LogP contribution in [0.3, 0.4) is 0 Å². The first kappa shape index (κ1) is 18.8. The molecule has 0 amide bonds.